The Morgan fingerprint density at radius 3 is 2.32 bits per heavy atom. The van der Waals surface area contributed by atoms with E-state index in [0.29, 0.717) is 0 Å². The van der Waals surface area contributed by atoms with E-state index in [1.807, 2.05) is 0 Å². The quantitative estimate of drug-likeness (QED) is 0.452. The highest BCUT2D eigenvalue weighted by Gasteiger charge is 2.40. The fraction of sp³-hybridized carbons (Fsp3) is 1.00. The molecular weight excluding hydrogens is 271 g/mol. The zero-order valence-electron chi connectivity index (χ0n) is 10.1. The van der Waals surface area contributed by atoms with Gasteiger partial charge in [0.1, 0.15) is 18.8 Å². The SMILES string of the molecule is OC[C@@H]1[C@@H](O)[C@H](O)[C@@H](O)CN1CCOCC(F)(F)F. The average Bonchev–Trinajstić information content (AvgIpc) is 2.31. The number of hydrogen-bond donors (Lipinski definition) is 4. The lowest BCUT2D eigenvalue weighted by molar-refractivity contribution is -0.179. The number of halogens is 3. The van der Waals surface area contributed by atoms with Crippen molar-refractivity contribution < 1.29 is 38.3 Å². The van der Waals surface area contributed by atoms with Crippen molar-refractivity contribution in [2.75, 3.05) is 32.9 Å². The molecule has 1 heterocycles. The molecule has 6 nitrogen and oxygen atoms in total. The second kappa shape index (κ2) is 6.82. The van der Waals surface area contributed by atoms with Crippen LogP contribution >= 0.6 is 0 Å². The highest BCUT2D eigenvalue weighted by molar-refractivity contribution is 4.93. The molecule has 1 rings (SSSR count). The summed E-state index contributed by atoms with van der Waals surface area (Å²) in [5.74, 6) is 0. The van der Waals surface area contributed by atoms with E-state index in [2.05, 4.69) is 4.74 Å². The number of aliphatic hydroxyl groups excluding tert-OH is 4. The largest absolute Gasteiger partial charge is 0.411 e. The Morgan fingerprint density at radius 2 is 1.79 bits per heavy atom. The van der Waals surface area contributed by atoms with Gasteiger partial charge in [-0.1, -0.05) is 0 Å². The monoisotopic (exact) mass is 289 g/mol. The van der Waals surface area contributed by atoms with Gasteiger partial charge in [0, 0.05) is 13.1 Å². The van der Waals surface area contributed by atoms with Crippen LogP contribution < -0.4 is 0 Å². The van der Waals surface area contributed by atoms with E-state index in [1.165, 1.54) is 4.90 Å². The fourth-order valence-electron chi connectivity index (χ4n) is 2.01. The molecule has 4 N–H and O–H groups in total. The lowest BCUT2D eigenvalue weighted by Gasteiger charge is -2.43. The molecule has 4 atom stereocenters. The van der Waals surface area contributed by atoms with Crippen molar-refractivity contribution in [3.8, 4) is 0 Å². The van der Waals surface area contributed by atoms with E-state index >= 15 is 0 Å². The van der Waals surface area contributed by atoms with Gasteiger partial charge in [-0.15, -0.1) is 0 Å². The molecule has 0 unspecified atom stereocenters. The van der Waals surface area contributed by atoms with E-state index in [9.17, 15) is 28.5 Å². The molecule has 1 aliphatic heterocycles. The molecule has 114 valence electrons. The summed E-state index contributed by atoms with van der Waals surface area (Å²) < 4.78 is 40.0. The average molecular weight is 289 g/mol. The summed E-state index contributed by atoms with van der Waals surface area (Å²) in [4.78, 5) is 1.39. The zero-order valence-corrected chi connectivity index (χ0v) is 10.1. The summed E-state index contributed by atoms with van der Waals surface area (Å²) in [5, 5.41) is 37.6. The fourth-order valence-corrected chi connectivity index (χ4v) is 2.01. The summed E-state index contributed by atoms with van der Waals surface area (Å²) in [6, 6.07) is -0.840. The molecule has 0 saturated carbocycles. The summed E-state index contributed by atoms with van der Waals surface area (Å²) in [6.07, 6.45) is -8.38. The van der Waals surface area contributed by atoms with Crippen LogP contribution in [0.15, 0.2) is 0 Å². The molecular formula is C10H18F3NO5. The number of likely N-dealkylation sites (tertiary alicyclic amines) is 1. The minimum Gasteiger partial charge on any atom is -0.395 e. The van der Waals surface area contributed by atoms with Gasteiger partial charge >= 0.3 is 6.18 Å². The van der Waals surface area contributed by atoms with Gasteiger partial charge in [-0.2, -0.15) is 13.2 Å². The Labute approximate surface area is 108 Å². The van der Waals surface area contributed by atoms with Gasteiger partial charge in [0.2, 0.25) is 0 Å². The Bertz CT molecular complexity index is 278. The number of rotatable bonds is 5. The zero-order chi connectivity index (χ0) is 14.6. The Balaban J connectivity index is 2.42. The third-order valence-corrected chi connectivity index (χ3v) is 3.00. The first-order valence-electron chi connectivity index (χ1n) is 5.80. The van der Waals surface area contributed by atoms with E-state index in [1.54, 1.807) is 0 Å². The Morgan fingerprint density at radius 1 is 1.16 bits per heavy atom. The minimum absolute atomic E-state index is 0.00213. The van der Waals surface area contributed by atoms with Gasteiger partial charge in [-0.25, -0.2) is 0 Å². The molecule has 0 aromatic carbocycles. The maximum absolute atomic E-state index is 11.8. The summed E-state index contributed by atoms with van der Waals surface area (Å²) in [5.41, 5.74) is 0. The first-order chi connectivity index (χ1) is 8.76. The molecule has 0 radical (unpaired) electrons. The standard InChI is InChI=1S/C10H18F3NO5/c11-10(12,13)5-19-2-1-14-3-7(16)9(18)8(17)6(14)4-15/h6-9,15-18H,1-5H2/t6-,7+,8-,9-/m1/s1. The first-order valence-corrected chi connectivity index (χ1v) is 5.80. The predicted molar refractivity (Wildman–Crippen MR) is 57.3 cm³/mol. The summed E-state index contributed by atoms with van der Waals surface area (Å²) in [7, 11) is 0. The predicted octanol–water partition coefficient (Wildman–Crippen LogP) is -1.68. The molecule has 1 fully saturated rings. The van der Waals surface area contributed by atoms with Crippen molar-refractivity contribution in [3.63, 3.8) is 0 Å². The lowest BCUT2D eigenvalue weighted by atomic mass is 9.94. The third kappa shape index (κ3) is 4.86. The molecule has 0 aromatic heterocycles. The normalized spacial score (nSPS) is 33.6. The van der Waals surface area contributed by atoms with Gasteiger partial charge in [-0.05, 0) is 0 Å². The van der Waals surface area contributed by atoms with Crippen molar-refractivity contribution in [1.29, 1.82) is 0 Å². The number of nitrogens with zero attached hydrogens (tertiary/aromatic N) is 1. The maximum Gasteiger partial charge on any atom is 0.411 e. The van der Waals surface area contributed by atoms with Gasteiger partial charge in [0.05, 0.1) is 25.4 Å². The van der Waals surface area contributed by atoms with Crippen LogP contribution in [0.1, 0.15) is 0 Å². The number of ether oxygens (including phenoxy) is 1. The van der Waals surface area contributed by atoms with Crippen LogP contribution in [0.5, 0.6) is 0 Å². The second-order valence-electron chi connectivity index (χ2n) is 4.46. The molecule has 1 saturated heterocycles. The molecule has 19 heavy (non-hydrogen) atoms. The molecule has 0 aromatic rings. The summed E-state index contributed by atoms with van der Waals surface area (Å²) >= 11 is 0. The van der Waals surface area contributed by atoms with Gasteiger partial charge in [0.25, 0.3) is 0 Å². The summed E-state index contributed by atoms with van der Waals surface area (Å²) in [6.45, 7) is -2.17. The van der Waals surface area contributed by atoms with Gasteiger partial charge < -0.3 is 25.2 Å². The first kappa shape index (κ1) is 16.6. The number of β-amino-alcohol motifs (C(OH)–C–C–N with tert-alkyl or cyclic N) is 1. The van der Waals surface area contributed by atoms with Crippen LogP contribution in [-0.2, 0) is 4.74 Å². The topological polar surface area (TPSA) is 93.4 Å². The number of piperidine rings is 1. The number of alkyl halides is 3. The highest BCUT2D eigenvalue weighted by Crippen LogP contribution is 2.19. The number of aliphatic hydroxyl groups is 4. The van der Waals surface area contributed by atoms with E-state index < -0.39 is 43.7 Å². The smallest absolute Gasteiger partial charge is 0.395 e. The van der Waals surface area contributed by atoms with Crippen LogP contribution in [-0.4, -0.2) is 88.8 Å². The molecule has 0 aliphatic carbocycles. The highest BCUT2D eigenvalue weighted by atomic mass is 19.4. The molecule has 1 aliphatic rings. The van der Waals surface area contributed by atoms with Crippen LogP contribution in [0.4, 0.5) is 13.2 Å². The molecule has 0 amide bonds. The van der Waals surface area contributed by atoms with Crippen molar-refractivity contribution in [2.45, 2.75) is 30.5 Å². The molecule has 0 bridgehead atoms. The second-order valence-corrected chi connectivity index (χ2v) is 4.46. The van der Waals surface area contributed by atoms with E-state index in [4.69, 9.17) is 5.11 Å². The molecule has 0 spiro atoms. The van der Waals surface area contributed by atoms with Crippen LogP contribution in [0, 0.1) is 0 Å². The van der Waals surface area contributed by atoms with E-state index in [-0.39, 0.29) is 19.7 Å². The van der Waals surface area contributed by atoms with Crippen molar-refractivity contribution in [2.24, 2.45) is 0 Å². The minimum atomic E-state index is -4.41. The molecule has 9 heteroatoms. The Hall–Kier alpha value is -0.450. The number of hydrogen-bond acceptors (Lipinski definition) is 6. The van der Waals surface area contributed by atoms with Gasteiger partial charge in [0.15, 0.2) is 0 Å². The lowest BCUT2D eigenvalue weighted by Crippen LogP contribution is -2.62. The van der Waals surface area contributed by atoms with Gasteiger partial charge in [-0.3, -0.25) is 4.90 Å². The van der Waals surface area contributed by atoms with Crippen LogP contribution in [0.25, 0.3) is 0 Å². The Kier molecular flexibility index (Phi) is 5.96. The third-order valence-electron chi connectivity index (χ3n) is 3.00. The maximum atomic E-state index is 11.8. The van der Waals surface area contributed by atoms with Crippen LogP contribution in [0.3, 0.4) is 0 Å². The van der Waals surface area contributed by atoms with Crippen molar-refractivity contribution in [3.05, 3.63) is 0 Å². The van der Waals surface area contributed by atoms with Crippen molar-refractivity contribution >= 4 is 0 Å². The van der Waals surface area contributed by atoms with E-state index in [0.717, 1.165) is 0 Å². The van der Waals surface area contributed by atoms with Crippen molar-refractivity contribution in [1.82, 2.24) is 4.90 Å². The van der Waals surface area contributed by atoms with Crippen LogP contribution in [0.2, 0.25) is 0 Å².